The number of ether oxygens (including phenoxy) is 1. The van der Waals surface area contributed by atoms with E-state index in [4.69, 9.17) is 4.74 Å². The number of carbonyl (C=O) groups excluding carboxylic acids is 2. The first-order valence-corrected chi connectivity index (χ1v) is 9.57. The van der Waals surface area contributed by atoms with Crippen LogP contribution in [0, 0.1) is 6.92 Å². The standard InChI is InChI=1S/C21H22N2O3S/c1-15-8-6-7-11-17(15)26-18(16-9-4-3-5-10-16)12-13-23(2)14-19-20(24)22-21(25)27-19/h3-11,14,18H,12-13H2,1-2H3,(H,22,24,25)/b19-14-. The first-order chi connectivity index (χ1) is 13.0. The molecule has 0 spiro atoms. The summed E-state index contributed by atoms with van der Waals surface area (Å²) in [6.07, 6.45) is 2.33. The van der Waals surface area contributed by atoms with Crippen LogP contribution in [0.2, 0.25) is 0 Å². The van der Waals surface area contributed by atoms with E-state index in [1.807, 2.05) is 61.3 Å². The minimum Gasteiger partial charge on any atom is -0.485 e. The van der Waals surface area contributed by atoms with Crippen LogP contribution in [-0.4, -0.2) is 29.6 Å². The highest BCUT2D eigenvalue weighted by atomic mass is 32.2. The Hall–Kier alpha value is -2.73. The molecule has 140 valence electrons. The van der Waals surface area contributed by atoms with Crippen molar-refractivity contribution in [3.63, 3.8) is 0 Å². The van der Waals surface area contributed by atoms with Crippen molar-refractivity contribution in [3.05, 3.63) is 76.8 Å². The molecule has 1 heterocycles. The molecule has 1 atom stereocenters. The average Bonchev–Trinajstić information content (AvgIpc) is 2.97. The Bertz CT molecular complexity index is 852. The van der Waals surface area contributed by atoms with E-state index < -0.39 is 0 Å². The molecular formula is C21H22N2O3S. The van der Waals surface area contributed by atoms with E-state index in [2.05, 4.69) is 17.4 Å². The monoisotopic (exact) mass is 382 g/mol. The molecule has 6 heteroatoms. The Balaban J connectivity index is 1.70. The third-order valence-electron chi connectivity index (χ3n) is 4.26. The number of benzene rings is 2. The van der Waals surface area contributed by atoms with Gasteiger partial charge in [-0.2, -0.15) is 0 Å². The summed E-state index contributed by atoms with van der Waals surface area (Å²) in [6, 6.07) is 18.1. The molecule has 1 N–H and O–H groups in total. The first-order valence-electron chi connectivity index (χ1n) is 8.75. The van der Waals surface area contributed by atoms with Gasteiger partial charge in [-0.25, -0.2) is 0 Å². The predicted octanol–water partition coefficient (Wildman–Crippen LogP) is 4.26. The van der Waals surface area contributed by atoms with Gasteiger partial charge in [-0.05, 0) is 35.9 Å². The Morgan fingerprint density at radius 2 is 1.81 bits per heavy atom. The zero-order valence-electron chi connectivity index (χ0n) is 15.3. The number of nitrogens with zero attached hydrogens (tertiary/aromatic N) is 1. The van der Waals surface area contributed by atoms with Crippen LogP contribution in [0.15, 0.2) is 65.7 Å². The van der Waals surface area contributed by atoms with Crippen molar-refractivity contribution < 1.29 is 14.3 Å². The summed E-state index contributed by atoms with van der Waals surface area (Å²) in [4.78, 5) is 25.3. The minimum atomic E-state index is -0.340. The number of rotatable bonds is 7. The highest BCUT2D eigenvalue weighted by molar-refractivity contribution is 8.18. The lowest BCUT2D eigenvalue weighted by Gasteiger charge is -2.23. The lowest BCUT2D eigenvalue weighted by Crippen LogP contribution is -2.21. The highest BCUT2D eigenvalue weighted by Crippen LogP contribution is 2.28. The van der Waals surface area contributed by atoms with Crippen LogP contribution in [0.1, 0.15) is 23.7 Å². The second-order valence-corrected chi connectivity index (χ2v) is 7.40. The van der Waals surface area contributed by atoms with E-state index in [0.29, 0.717) is 11.4 Å². The second-order valence-electron chi connectivity index (χ2n) is 6.39. The van der Waals surface area contributed by atoms with Crippen LogP contribution in [0.5, 0.6) is 5.75 Å². The lowest BCUT2D eigenvalue weighted by atomic mass is 10.1. The molecule has 0 radical (unpaired) electrons. The van der Waals surface area contributed by atoms with E-state index in [9.17, 15) is 9.59 Å². The summed E-state index contributed by atoms with van der Waals surface area (Å²) >= 11 is 0.926. The third kappa shape index (κ3) is 5.14. The van der Waals surface area contributed by atoms with Gasteiger partial charge in [0.2, 0.25) is 0 Å². The molecule has 1 saturated heterocycles. The zero-order valence-corrected chi connectivity index (χ0v) is 16.2. The quantitative estimate of drug-likeness (QED) is 0.725. The largest absolute Gasteiger partial charge is 0.485 e. The number of carbonyl (C=O) groups is 2. The maximum absolute atomic E-state index is 11.7. The fourth-order valence-electron chi connectivity index (χ4n) is 2.80. The molecule has 1 aliphatic rings. The van der Waals surface area contributed by atoms with Crippen molar-refractivity contribution >= 4 is 22.9 Å². The molecule has 1 aliphatic heterocycles. The maximum Gasteiger partial charge on any atom is 0.290 e. The molecule has 5 nitrogen and oxygen atoms in total. The van der Waals surface area contributed by atoms with Gasteiger partial charge in [-0.15, -0.1) is 0 Å². The van der Waals surface area contributed by atoms with Crippen molar-refractivity contribution in [1.29, 1.82) is 0 Å². The molecule has 27 heavy (non-hydrogen) atoms. The molecule has 0 aromatic heterocycles. The number of para-hydroxylation sites is 1. The number of nitrogens with one attached hydrogen (secondary N) is 1. The number of hydrogen-bond acceptors (Lipinski definition) is 5. The Labute approximate surface area is 163 Å². The van der Waals surface area contributed by atoms with Gasteiger partial charge >= 0.3 is 0 Å². The van der Waals surface area contributed by atoms with Crippen LogP contribution in [0.3, 0.4) is 0 Å². The first kappa shape index (κ1) is 19.0. The molecular weight excluding hydrogens is 360 g/mol. The topological polar surface area (TPSA) is 58.6 Å². The van der Waals surface area contributed by atoms with Gasteiger partial charge in [0.1, 0.15) is 11.9 Å². The van der Waals surface area contributed by atoms with Gasteiger partial charge in [0, 0.05) is 26.2 Å². The highest BCUT2D eigenvalue weighted by Gasteiger charge is 2.25. The van der Waals surface area contributed by atoms with E-state index in [-0.39, 0.29) is 17.3 Å². The Morgan fingerprint density at radius 3 is 2.48 bits per heavy atom. The SMILES string of the molecule is Cc1ccccc1OC(CCN(C)/C=C1\SC(=O)NC1=O)c1ccccc1. The molecule has 2 aromatic carbocycles. The number of amides is 2. The Kier molecular flexibility index (Phi) is 6.19. The van der Waals surface area contributed by atoms with Crippen LogP contribution >= 0.6 is 11.8 Å². The fourth-order valence-corrected chi connectivity index (χ4v) is 3.52. The van der Waals surface area contributed by atoms with E-state index in [1.54, 1.807) is 6.20 Å². The summed E-state index contributed by atoms with van der Waals surface area (Å²) in [6.45, 7) is 2.71. The predicted molar refractivity (Wildman–Crippen MR) is 107 cm³/mol. The van der Waals surface area contributed by atoms with Crippen LogP contribution in [0.25, 0.3) is 0 Å². The van der Waals surface area contributed by atoms with Gasteiger partial charge in [0.25, 0.3) is 11.1 Å². The number of imide groups is 1. The molecule has 1 unspecified atom stereocenters. The summed E-state index contributed by atoms with van der Waals surface area (Å²) in [5.41, 5.74) is 2.19. The smallest absolute Gasteiger partial charge is 0.290 e. The van der Waals surface area contributed by atoms with Crippen LogP contribution in [-0.2, 0) is 4.79 Å². The maximum atomic E-state index is 11.7. The second kappa shape index (κ2) is 8.77. The number of aryl methyl sites for hydroxylation is 1. The molecule has 0 aliphatic carbocycles. The van der Waals surface area contributed by atoms with Crippen molar-refractivity contribution in [2.45, 2.75) is 19.4 Å². The van der Waals surface area contributed by atoms with Crippen molar-refractivity contribution in [3.8, 4) is 5.75 Å². The van der Waals surface area contributed by atoms with E-state index in [1.165, 1.54) is 0 Å². The number of hydrogen-bond donors (Lipinski definition) is 1. The Morgan fingerprint density at radius 1 is 1.11 bits per heavy atom. The molecule has 1 fully saturated rings. The van der Waals surface area contributed by atoms with Gasteiger partial charge in [0.05, 0.1) is 4.91 Å². The average molecular weight is 382 g/mol. The van der Waals surface area contributed by atoms with Crippen molar-refractivity contribution in [1.82, 2.24) is 10.2 Å². The van der Waals surface area contributed by atoms with Gasteiger partial charge in [0.15, 0.2) is 0 Å². The molecule has 2 aromatic rings. The molecule has 2 amide bonds. The molecule has 0 bridgehead atoms. The molecule has 3 rings (SSSR count). The minimum absolute atomic E-state index is 0.111. The van der Waals surface area contributed by atoms with E-state index in [0.717, 1.165) is 35.1 Å². The van der Waals surface area contributed by atoms with Crippen LogP contribution in [0.4, 0.5) is 4.79 Å². The van der Waals surface area contributed by atoms with Gasteiger partial charge in [-0.1, -0.05) is 48.5 Å². The summed E-state index contributed by atoms with van der Waals surface area (Å²) < 4.78 is 6.30. The lowest BCUT2D eigenvalue weighted by molar-refractivity contribution is -0.115. The van der Waals surface area contributed by atoms with Gasteiger partial charge in [-0.3, -0.25) is 14.9 Å². The van der Waals surface area contributed by atoms with Crippen LogP contribution < -0.4 is 10.1 Å². The third-order valence-corrected chi connectivity index (χ3v) is 5.06. The molecule has 0 saturated carbocycles. The normalized spacial score (nSPS) is 16.3. The summed E-state index contributed by atoms with van der Waals surface area (Å²) in [5, 5.41) is 1.94. The number of thioether (sulfide) groups is 1. The fraction of sp³-hybridized carbons (Fsp3) is 0.238. The summed E-state index contributed by atoms with van der Waals surface area (Å²) in [5.74, 6) is 0.524. The van der Waals surface area contributed by atoms with Crippen molar-refractivity contribution in [2.75, 3.05) is 13.6 Å². The van der Waals surface area contributed by atoms with Crippen molar-refractivity contribution in [2.24, 2.45) is 0 Å². The summed E-state index contributed by atoms with van der Waals surface area (Å²) in [7, 11) is 1.89. The van der Waals surface area contributed by atoms with Gasteiger partial charge < -0.3 is 9.64 Å². The zero-order chi connectivity index (χ0) is 19.2. The van der Waals surface area contributed by atoms with E-state index >= 15 is 0 Å².